The van der Waals surface area contributed by atoms with Crippen LogP contribution in [0.25, 0.3) is 0 Å². The molecule has 4 rings (SSSR count). The molecule has 24 heavy (non-hydrogen) atoms. The maximum Gasteiger partial charge on any atom is 0.119 e. The van der Waals surface area contributed by atoms with Crippen LogP contribution < -0.4 is 4.74 Å². The number of fused-ring (bicyclic) bond motifs is 5. The zero-order valence-electron chi connectivity index (χ0n) is 15.3. The zero-order chi connectivity index (χ0) is 17.2. The standard InChI is InChI=1S/C22H30O2/c1-5-22-13-8-15-14-16(24-4)6-7-17(15)18(22)9-11-20(2)19(22)10-12-21(20,3)23/h5-7,14,18-19,23H,1,8-13H2,2-4H3/t18-,19-,20+,21+,22-/m1/s1. The van der Waals surface area contributed by atoms with Crippen molar-refractivity contribution in [3.05, 3.63) is 42.0 Å². The third-order valence-electron chi connectivity index (χ3n) is 8.10. The van der Waals surface area contributed by atoms with E-state index in [-0.39, 0.29) is 10.8 Å². The molecule has 1 aromatic carbocycles. The molecule has 2 saturated carbocycles. The van der Waals surface area contributed by atoms with Gasteiger partial charge in [-0.1, -0.05) is 19.1 Å². The summed E-state index contributed by atoms with van der Waals surface area (Å²) in [6.07, 6.45) is 8.80. The van der Waals surface area contributed by atoms with Gasteiger partial charge in [-0.2, -0.15) is 0 Å². The molecule has 0 bridgehead atoms. The van der Waals surface area contributed by atoms with Gasteiger partial charge in [-0.15, -0.1) is 6.58 Å². The molecule has 130 valence electrons. The number of methoxy groups -OCH3 is 1. The predicted octanol–water partition coefficient (Wildman–Crippen LogP) is 4.86. The van der Waals surface area contributed by atoms with Crippen LogP contribution in [0.15, 0.2) is 30.9 Å². The number of hydrogen-bond donors (Lipinski definition) is 1. The smallest absolute Gasteiger partial charge is 0.119 e. The molecular weight excluding hydrogens is 296 g/mol. The molecule has 2 heteroatoms. The molecule has 0 aromatic heterocycles. The Labute approximate surface area is 145 Å². The van der Waals surface area contributed by atoms with E-state index in [1.165, 1.54) is 11.1 Å². The Morgan fingerprint density at radius 2 is 2.00 bits per heavy atom. The van der Waals surface area contributed by atoms with Crippen molar-refractivity contribution in [2.45, 2.75) is 63.9 Å². The highest BCUT2D eigenvalue weighted by Crippen LogP contribution is 2.69. The molecule has 0 spiro atoms. The van der Waals surface area contributed by atoms with Crippen LogP contribution in [0.5, 0.6) is 5.75 Å². The second kappa shape index (κ2) is 5.11. The van der Waals surface area contributed by atoms with Crippen LogP contribution in [0.3, 0.4) is 0 Å². The van der Waals surface area contributed by atoms with Gasteiger partial charge >= 0.3 is 0 Å². The molecule has 0 unspecified atom stereocenters. The highest BCUT2D eigenvalue weighted by molar-refractivity contribution is 5.43. The van der Waals surface area contributed by atoms with Crippen molar-refractivity contribution in [2.24, 2.45) is 16.7 Å². The van der Waals surface area contributed by atoms with Crippen molar-refractivity contribution in [3.63, 3.8) is 0 Å². The van der Waals surface area contributed by atoms with E-state index < -0.39 is 5.60 Å². The van der Waals surface area contributed by atoms with Gasteiger partial charge in [-0.3, -0.25) is 0 Å². The Balaban J connectivity index is 1.81. The highest BCUT2D eigenvalue weighted by atomic mass is 16.5. The van der Waals surface area contributed by atoms with Gasteiger partial charge in [-0.05, 0) is 91.4 Å². The van der Waals surface area contributed by atoms with Crippen LogP contribution in [0.2, 0.25) is 0 Å². The first-order valence-electron chi connectivity index (χ1n) is 9.41. The predicted molar refractivity (Wildman–Crippen MR) is 97.4 cm³/mol. The largest absolute Gasteiger partial charge is 0.497 e. The third-order valence-corrected chi connectivity index (χ3v) is 8.10. The summed E-state index contributed by atoms with van der Waals surface area (Å²) in [4.78, 5) is 0. The van der Waals surface area contributed by atoms with Crippen LogP contribution in [0.4, 0.5) is 0 Å². The molecule has 5 atom stereocenters. The molecule has 3 aliphatic rings. The molecule has 0 amide bonds. The van der Waals surface area contributed by atoms with Gasteiger partial charge in [0.2, 0.25) is 0 Å². The van der Waals surface area contributed by atoms with Crippen molar-refractivity contribution < 1.29 is 9.84 Å². The summed E-state index contributed by atoms with van der Waals surface area (Å²) in [6, 6.07) is 6.61. The van der Waals surface area contributed by atoms with Crippen molar-refractivity contribution in [1.29, 1.82) is 0 Å². The van der Waals surface area contributed by atoms with E-state index in [1.54, 1.807) is 7.11 Å². The first-order chi connectivity index (χ1) is 11.4. The van der Waals surface area contributed by atoms with E-state index in [4.69, 9.17) is 4.74 Å². The summed E-state index contributed by atoms with van der Waals surface area (Å²) in [7, 11) is 1.74. The zero-order valence-corrected chi connectivity index (χ0v) is 15.3. The molecule has 1 aromatic rings. The Hall–Kier alpha value is -1.28. The van der Waals surface area contributed by atoms with Crippen LogP contribution in [0, 0.1) is 16.7 Å². The van der Waals surface area contributed by atoms with E-state index in [1.807, 2.05) is 0 Å². The number of hydrogen-bond acceptors (Lipinski definition) is 2. The number of ether oxygens (including phenoxy) is 1. The summed E-state index contributed by atoms with van der Waals surface area (Å²) in [6.45, 7) is 8.69. The number of aliphatic hydroxyl groups is 1. The summed E-state index contributed by atoms with van der Waals surface area (Å²) < 4.78 is 5.43. The molecule has 0 aliphatic heterocycles. The molecule has 0 saturated heterocycles. The van der Waals surface area contributed by atoms with E-state index >= 15 is 0 Å². The lowest BCUT2D eigenvalue weighted by Gasteiger charge is -2.58. The topological polar surface area (TPSA) is 29.5 Å². The quantitative estimate of drug-likeness (QED) is 0.787. The Bertz CT molecular complexity index is 677. The van der Waals surface area contributed by atoms with Gasteiger partial charge in [0.1, 0.15) is 5.75 Å². The normalized spacial score (nSPS) is 43.5. The van der Waals surface area contributed by atoms with Crippen molar-refractivity contribution in [2.75, 3.05) is 7.11 Å². The summed E-state index contributed by atoms with van der Waals surface area (Å²) in [5.41, 5.74) is 2.55. The third kappa shape index (κ3) is 1.87. The second-order valence-electron chi connectivity index (χ2n) is 8.76. The maximum atomic E-state index is 11.1. The van der Waals surface area contributed by atoms with Gasteiger partial charge in [-0.25, -0.2) is 0 Å². The second-order valence-corrected chi connectivity index (χ2v) is 8.76. The Kier molecular flexibility index (Phi) is 3.45. The number of rotatable bonds is 2. The van der Waals surface area contributed by atoms with Crippen LogP contribution in [-0.2, 0) is 6.42 Å². The first kappa shape index (κ1) is 16.2. The minimum absolute atomic E-state index is 0.0155. The molecular formula is C22H30O2. The lowest BCUT2D eigenvalue weighted by molar-refractivity contribution is -0.108. The summed E-state index contributed by atoms with van der Waals surface area (Å²) in [5.74, 6) is 2.03. The fraction of sp³-hybridized carbons (Fsp3) is 0.636. The monoisotopic (exact) mass is 326 g/mol. The van der Waals surface area contributed by atoms with Gasteiger partial charge in [0.25, 0.3) is 0 Å². The Morgan fingerprint density at radius 1 is 1.21 bits per heavy atom. The lowest BCUT2D eigenvalue weighted by atomic mass is 9.46. The van der Waals surface area contributed by atoms with Gasteiger partial charge in [0.05, 0.1) is 12.7 Å². The molecule has 1 N–H and O–H groups in total. The summed E-state index contributed by atoms with van der Waals surface area (Å²) >= 11 is 0. The average molecular weight is 326 g/mol. The highest BCUT2D eigenvalue weighted by Gasteiger charge is 2.64. The molecule has 0 heterocycles. The Morgan fingerprint density at radius 3 is 2.71 bits per heavy atom. The number of allylic oxidation sites excluding steroid dienone is 1. The lowest BCUT2D eigenvalue weighted by Crippen LogP contribution is -2.54. The first-order valence-corrected chi connectivity index (χ1v) is 9.41. The van der Waals surface area contributed by atoms with E-state index in [0.29, 0.717) is 11.8 Å². The van der Waals surface area contributed by atoms with Crippen molar-refractivity contribution in [3.8, 4) is 5.75 Å². The van der Waals surface area contributed by atoms with Crippen molar-refractivity contribution in [1.82, 2.24) is 0 Å². The SMILES string of the molecule is C=C[C@@]12CCc3cc(OC)ccc3[C@H]1CC[C@@]1(C)[C@H]2CC[C@]1(C)O. The van der Waals surface area contributed by atoms with Gasteiger partial charge < -0.3 is 9.84 Å². The van der Waals surface area contributed by atoms with E-state index in [0.717, 1.165) is 44.3 Å². The fourth-order valence-electron chi connectivity index (χ4n) is 6.46. The number of aryl methyl sites for hydroxylation is 1. The minimum Gasteiger partial charge on any atom is -0.497 e. The molecule has 3 aliphatic carbocycles. The van der Waals surface area contributed by atoms with E-state index in [9.17, 15) is 5.11 Å². The molecule has 2 fully saturated rings. The van der Waals surface area contributed by atoms with Crippen LogP contribution in [-0.4, -0.2) is 17.8 Å². The summed E-state index contributed by atoms with van der Waals surface area (Å²) in [5, 5.41) is 11.1. The van der Waals surface area contributed by atoms with Gasteiger partial charge in [0.15, 0.2) is 0 Å². The maximum absolute atomic E-state index is 11.1. The van der Waals surface area contributed by atoms with E-state index in [2.05, 4.69) is 44.7 Å². The van der Waals surface area contributed by atoms with Crippen LogP contribution >= 0.6 is 0 Å². The molecule has 0 radical (unpaired) electrons. The minimum atomic E-state index is -0.543. The molecule has 2 nitrogen and oxygen atoms in total. The number of benzene rings is 1. The van der Waals surface area contributed by atoms with Crippen LogP contribution in [0.1, 0.15) is 63.0 Å². The van der Waals surface area contributed by atoms with Crippen molar-refractivity contribution >= 4 is 0 Å². The van der Waals surface area contributed by atoms with Gasteiger partial charge in [0, 0.05) is 0 Å². The fourth-order valence-corrected chi connectivity index (χ4v) is 6.46. The average Bonchev–Trinajstić information content (AvgIpc) is 2.84.